The van der Waals surface area contributed by atoms with Crippen molar-refractivity contribution in [2.75, 3.05) is 0 Å². The van der Waals surface area contributed by atoms with Crippen molar-refractivity contribution < 1.29 is 0 Å². The third kappa shape index (κ3) is 4.09. The van der Waals surface area contributed by atoms with Gasteiger partial charge >= 0.3 is 0 Å². The van der Waals surface area contributed by atoms with E-state index in [2.05, 4.69) is 196 Å². The molecule has 0 saturated carbocycles. The minimum Gasteiger partial charge on any atom is -0.332 e. The lowest BCUT2D eigenvalue weighted by Gasteiger charge is -2.22. The van der Waals surface area contributed by atoms with Crippen LogP contribution in [-0.4, -0.2) is 4.57 Å². The van der Waals surface area contributed by atoms with Gasteiger partial charge in [0.2, 0.25) is 0 Å². The Labute approximate surface area is 332 Å². The number of aromatic nitrogens is 1. The van der Waals surface area contributed by atoms with Crippen LogP contribution in [0.5, 0.6) is 0 Å². The van der Waals surface area contributed by atoms with Crippen LogP contribution in [0.1, 0.15) is 67.5 Å². The van der Waals surface area contributed by atoms with Crippen molar-refractivity contribution >= 4 is 44.7 Å². The third-order valence-electron chi connectivity index (χ3n) is 14.5. The highest BCUT2D eigenvalue weighted by molar-refractivity contribution is 6.15. The monoisotopic (exact) mass is 727 g/mol. The molecule has 0 radical (unpaired) electrons. The summed E-state index contributed by atoms with van der Waals surface area (Å²) < 4.78 is 2.66. The minimum absolute atomic E-state index is 0.0185. The first-order valence-electron chi connectivity index (χ1n) is 20.6. The van der Waals surface area contributed by atoms with E-state index in [1.165, 1.54) is 115 Å². The molecular weight excluding hydrogens is 687 g/mol. The molecule has 1 nitrogen and oxygen atoms in total. The highest BCUT2D eigenvalue weighted by Gasteiger charge is 2.38. The van der Waals surface area contributed by atoms with Gasteiger partial charge in [0.05, 0.1) is 17.1 Å². The molecule has 0 amide bonds. The normalized spacial score (nSPS) is 18.4. The Hall–Kier alpha value is -6.44. The molecule has 0 N–H and O–H groups in total. The fourth-order valence-electron chi connectivity index (χ4n) is 11.5. The zero-order valence-corrected chi connectivity index (χ0v) is 32.7. The molecule has 0 saturated heterocycles. The Bertz CT molecular complexity index is 3420. The van der Waals surface area contributed by atoms with Crippen LogP contribution >= 0.6 is 0 Å². The van der Waals surface area contributed by atoms with E-state index in [1.807, 2.05) is 0 Å². The van der Waals surface area contributed by atoms with Gasteiger partial charge < -0.3 is 4.57 Å². The van der Waals surface area contributed by atoms with Crippen LogP contribution in [0.15, 0.2) is 152 Å². The van der Waals surface area contributed by atoms with Gasteiger partial charge in [0.1, 0.15) is 0 Å². The molecule has 0 bridgehead atoms. The predicted molar refractivity (Wildman–Crippen MR) is 239 cm³/mol. The second-order valence-electron chi connectivity index (χ2n) is 18.1. The smallest absolute Gasteiger partial charge is 0.0636 e. The second kappa shape index (κ2) is 10.7. The molecule has 0 spiro atoms. The van der Waals surface area contributed by atoms with Crippen LogP contribution in [-0.2, 0) is 10.8 Å². The van der Waals surface area contributed by atoms with Gasteiger partial charge in [-0.15, -0.1) is 0 Å². The summed E-state index contributed by atoms with van der Waals surface area (Å²) in [5.74, 6) is 0.312. The fraction of sp³-hybridized carbons (Fsp3) is 0.143. The summed E-state index contributed by atoms with van der Waals surface area (Å²) in [5, 5.41) is 7.93. The molecule has 3 aliphatic carbocycles. The summed E-state index contributed by atoms with van der Waals surface area (Å²) in [7, 11) is 0. The van der Waals surface area contributed by atoms with Crippen molar-refractivity contribution in [2.24, 2.45) is 0 Å². The van der Waals surface area contributed by atoms with Crippen LogP contribution in [0.3, 0.4) is 0 Å². The zero-order valence-electron chi connectivity index (χ0n) is 32.7. The largest absolute Gasteiger partial charge is 0.332 e. The van der Waals surface area contributed by atoms with Crippen molar-refractivity contribution in [1.29, 1.82) is 0 Å². The molecule has 8 aromatic carbocycles. The molecule has 9 aromatic rings. The molecule has 0 fully saturated rings. The Morgan fingerprint density at radius 1 is 0.421 bits per heavy atom. The van der Waals surface area contributed by atoms with Gasteiger partial charge in [0.15, 0.2) is 0 Å². The number of fused-ring (bicyclic) bond motifs is 14. The lowest BCUT2D eigenvalue weighted by atomic mass is 9.81. The molecular formula is C56H41N. The van der Waals surface area contributed by atoms with Crippen LogP contribution in [0.2, 0.25) is 0 Å². The Morgan fingerprint density at radius 3 is 1.72 bits per heavy atom. The van der Waals surface area contributed by atoms with Crippen LogP contribution < -0.4 is 10.4 Å². The highest BCUT2D eigenvalue weighted by atomic mass is 15.0. The Balaban J connectivity index is 0.930. The van der Waals surface area contributed by atoms with E-state index in [4.69, 9.17) is 0 Å². The molecule has 2 heterocycles. The van der Waals surface area contributed by atoms with E-state index in [-0.39, 0.29) is 16.9 Å². The predicted octanol–water partition coefficient (Wildman–Crippen LogP) is 12.8. The molecule has 1 aliphatic heterocycles. The number of benzene rings is 8. The van der Waals surface area contributed by atoms with Crippen molar-refractivity contribution in [2.45, 2.75) is 50.5 Å². The molecule has 4 aliphatic rings. The van der Waals surface area contributed by atoms with E-state index < -0.39 is 0 Å². The zero-order chi connectivity index (χ0) is 37.9. The minimum atomic E-state index is -0.0209. The number of rotatable bonds is 2. The Kier molecular flexibility index (Phi) is 5.95. The summed E-state index contributed by atoms with van der Waals surface area (Å²) in [6, 6.07) is 58.3. The SMILES string of the molecule is CC1(C)c2ccccc2-c2ccc(-c3ccc4c(c3)=CC3C(C=4)c4cccc5c6cc7ccc(-c8ccc9c(c8)C(C)(C)c8ccccc8-9)cc7cc6n3c45)cc21. The lowest BCUT2D eigenvalue weighted by molar-refractivity contribution is 0.660. The van der Waals surface area contributed by atoms with Crippen LogP contribution in [0.25, 0.3) is 89.2 Å². The highest BCUT2D eigenvalue weighted by Crippen LogP contribution is 2.52. The second-order valence-corrected chi connectivity index (χ2v) is 18.1. The van der Waals surface area contributed by atoms with Crippen molar-refractivity contribution in [3.63, 3.8) is 0 Å². The number of hydrogen-bond donors (Lipinski definition) is 0. The molecule has 270 valence electrons. The average Bonchev–Trinajstić information content (AvgIpc) is 3.89. The molecule has 13 rings (SSSR count). The molecule has 1 heteroatoms. The van der Waals surface area contributed by atoms with Crippen molar-refractivity contribution in [3.8, 4) is 44.5 Å². The molecule has 1 aromatic heterocycles. The van der Waals surface area contributed by atoms with Crippen LogP contribution in [0.4, 0.5) is 0 Å². The van der Waals surface area contributed by atoms with E-state index in [1.54, 1.807) is 0 Å². The van der Waals surface area contributed by atoms with Crippen molar-refractivity contribution in [3.05, 3.63) is 190 Å². The maximum atomic E-state index is 2.66. The third-order valence-corrected chi connectivity index (χ3v) is 14.5. The topological polar surface area (TPSA) is 4.93 Å². The first-order valence-corrected chi connectivity index (χ1v) is 20.6. The van der Waals surface area contributed by atoms with Crippen LogP contribution in [0, 0.1) is 0 Å². The summed E-state index contributed by atoms with van der Waals surface area (Å²) in [4.78, 5) is 0. The van der Waals surface area contributed by atoms with E-state index in [0.29, 0.717) is 5.92 Å². The number of hydrogen-bond acceptors (Lipinski definition) is 0. The van der Waals surface area contributed by atoms with Crippen molar-refractivity contribution in [1.82, 2.24) is 4.57 Å². The first kappa shape index (κ1) is 31.7. The van der Waals surface area contributed by atoms with Gasteiger partial charge in [-0.1, -0.05) is 155 Å². The summed E-state index contributed by atoms with van der Waals surface area (Å²) in [5.41, 5.74) is 20.4. The fourth-order valence-corrected chi connectivity index (χ4v) is 11.5. The van der Waals surface area contributed by atoms with Gasteiger partial charge in [0.25, 0.3) is 0 Å². The summed E-state index contributed by atoms with van der Waals surface area (Å²) in [6.07, 6.45) is 5.09. The summed E-state index contributed by atoms with van der Waals surface area (Å²) >= 11 is 0. The molecule has 2 unspecified atom stereocenters. The van der Waals surface area contributed by atoms with E-state index in [0.717, 1.165) is 0 Å². The number of nitrogens with zero attached hydrogens (tertiary/aromatic N) is 1. The van der Waals surface area contributed by atoms with E-state index in [9.17, 15) is 0 Å². The lowest BCUT2D eigenvalue weighted by Crippen LogP contribution is -2.31. The number of para-hydroxylation sites is 1. The maximum Gasteiger partial charge on any atom is 0.0636 e. The van der Waals surface area contributed by atoms with Gasteiger partial charge in [-0.25, -0.2) is 0 Å². The maximum absolute atomic E-state index is 2.66. The molecule has 57 heavy (non-hydrogen) atoms. The first-order chi connectivity index (χ1) is 27.7. The summed E-state index contributed by atoms with van der Waals surface area (Å²) in [6.45, 7) is 9.47. The Morgan fingerprint density at radius 2 is 1.02 bits per heavy atom. The van der Waals surface area contributed by atoms with Gasteiger partial charge in [-0.2, -0.15) is 0 Å². The van der Waals surface area contributed by atoms with Gasteiger partial charge in [-0.05, 0) is 130 Å². The molecule has 2 atom stereocenters. The van der Waals surface area contributed by atoms with E-state index >= 15 is 0 Å². The average molecular weight is 728 g/mol. The standard InChI is InChI=1S/C56H41N/c1-55(2)48-14-7-5-10-40(48)42-22-20-36(28-50(42)55)32-16-18-34-26-46-44-12-9-13-45-47-27-35-19-17-33(25-39(35)31-53(47)57(54(44)45)52(46)30-38(34)24-32)37-21-23-43-41-11-6-8-15-49(41)56(3,4)51(43)29-37/h5-31,46,52H,1-4H3. The van der Waals surface area contributed by atoms with Gasteiger partial charge in [-0.3, -0.25) is 0 Å². The quantitative estimate of drug-likeness (QED) is 0.167. The van der Waals surface area contributed by atoms with Gasteiger partial charge in [0, 0.05) is 27.5 Å².